The van der Waals surface area contributed by atoms with E-state index in [0.29, 0.717) is 29.9 Å². The number of ether oxygens (including phenoxy) is 3. The Balaban J connectivity index is 1.27. The van der Waals surface area contributed by atoms with Crippen LogP contribution in [0.1, 0.15) is 78.6 Å². The minimum absolute atomic E-state index is 0.0369. The molecule has 15 nitrogen and oxygen atoms in total. The van der Waals surface area contributed by atoms with Crippen molar-refractivity contribution < 1.29 is 46.6 Å². The highest BCUT2D eigenvalue weighted by atomic mass is 32.2. The molecule has 2 aromatic rings. The highest BCUT2D eigenvalue weighted by Gasteiger charge is 2.62. The third-order valence-corrected chi connectivity index (χ3v) is 12.5. The molecule has 0 spiro atoms. The molecule has 1 aromatic carbocycles. The van der Waals surface area contributed by atoms with Gasteiger partial charge in [0.15, 0.2) is 5.78 Å². The van der Waals surface area contributed by atoms with Gasteiger partial charge in [0, 0.05) is 30.3 Å². The summed E-state index contributed by atoms with van der Waals surface area (Å²) in [5.74, 6) is -1.80. The highest BCUT2D eigenvalue weighted by molar-refractivity contribution is 7.91. The summed E-state index contributed by atoms with van der Waals surface area (Å²) in [7, 11) is -2.38. The molecule has 1 saturated heterocycles. The molecule has 1 aromatic heterocycles. The average molecular weight is 794 g/mol. The van der Waals surface area contributed by atoms with Gasteiger partial charge in [0.2, 0.25) is 27.7 Å². The maximum atomic E-state index is 14.6. The number of aromatic nitrogens is 1. The quantitative estimate of drug-likeness (QED) is 0.165. The van der Waals surface area contributed by atoms with Crippen molar-refractivity contribution in [1.82, 2.24) is 25.2 Å². The predicted octanol–water partition coefficient (Wildman–Crippen LogP) is 3.86. The molecule has 0 radical (unpaired) electrons. The van der Waals surface area contributed by atoms with Crippen molar-refractivity contribution in [2.75, 3.05) is 13.7 Å². The van der Waals surface area contributed by atoms with Gasteiger partial charge >= 0.3 is 6.09 Å². The number of allylic oxidation sites excluding steroid dienone is 2. The van der Waals surface area contributed by atoms with E-state index in [1.807, 2.05) is 12.1 Å². The van der Waals surface area contributed by atoms with Crippen molar-refractivity contribution in [3.8, 4) is 11.6 Å². The van der Waals surface area contributed by atoms with Gasteiger partial charge in [-0.2, -0.15) is 0 Å². The SMILES string of the molecule is C=C[C@@H]1C[C@]1(NC(=O)[C@@H]1C[C@@H](Oc2nccc3cc(OC)ccc23)CN1C(=O)[C@H](CCC(=O)/C=C/C1CCC1)NC(=O)OC(C)(C)C)C(=O)NS(=O)(=O)C1CC1. The number of methoxy groups -OCH3 is 1. The lowest BCUT2D eigenvalue weighted by Crippen LogP contribution is -2.58. The molecular weight excluding hydrogens is 743 g/mol. The predicted molar refractivity (Wildman–Crippen MR) is 206 cm³/mol. The number of sulfonamides is 1. The standard InChI is InChI=1S/C40H51N5O10S/c1-6-26-22-40(26,37(49)44-56(51,52)30-14-15-30)43-34(47)33-21-29(54-35-31-16-13-28(53-5)20-25(31)18-19-41-35)23-45(33)36(48)32(42-38(50)55-39(2,3)4)17-12-27(46)11-10-24-8-7-9-24/h6,10-11,13,16,18-20,24,26,29-30,32-33H,1,7-9,12,14-15,17,21-23H2,2-5H3,(H,42,50)(H,43,47)(H,44,49)/b11-10+/t26-,29-,32+,33+,40-/m1/s1. The van der Waals surface area contributed by atoms with Crippen molar-refractivity contribution in [3.63, 3.8) is 0 Å². The van der Waals surface area contributed by atoms with Crippen LogP contribution in [0.2, 0.25) is 0 Å². The van der Waals surface area contributed by atoms with Crippen LogP contribution >= 0.6 is 0 Å². The molecule has 5 atom stereocenters. The number of fused-ring (bicyclic) bond motifs is 1. The number of nitrogens with one attached hydrogen (secondary N) is 3. The smallest absolute Gasteiger partial charge is 0.408 e. The fourth-order valence-electron chi connectivity index (χ4n) is 7.05. The topological polar surface area (TPSA) is 199 Å². The average Bonchev–Trinajstić information content (AvgIpc) is 4.05. The van der Waals surface area contributed by atoms with Gasteiger partial charge in [-0.3, -0.25) is 23.9 Å². The van der Waals surface area contributed by atoms with Crippen molar-refractivity contribution in [1.29, 1.82) is 0 Å². The Morgan fingerprint density at radius 3 is 2.48 bits per heavy atom. The molecule has 6 rings (SSSR count). The number of nitrogens with zero attached hydrogens (tertiary/aromatic N) is 2. The molecule has 16 heteroatoms. The summed E-state index contributed by atoms with van der Waals surface area (Å²) in [4.78, 5) is 74.1. The second-order valence-corrected chi connectivity index (χ2v) is 18.1. The molecule has 2 heterocycles. The first kappa shape index (κ1) is 40.7. The van der Waals surface area contributed by atoms with Crippen LogP contribution in [0.15, 0.2) is 55.3 Å². The number of amides is 4. The normalized spacial score (nSPS) is 24.1. The first-order valence-electron chi connectivity index (χ1n) is 19.1. The van der Waals surface area contributed by atoms with Gasteiger partial charge < -0.3 is 29.7 Å². The molecule has 4 aliphatic rings. The summed E-state index contributed by atoms with van der Waals surface area (Å²) in [5, 5.41) is 6.16. The van der Waals surface area contributed by atoms with Gasteiger partial charge in [0.1, 0.15) is 35.1 Å². The van der Waals surface area contributed by atoms with E-state index >= 15 is 0 Å². The molecule has 3 N–H and O–H groups in total. The number of alkyl carbamates (subject to hydrolysis) is 1. The molecule has 3 aliphatic carbocycles. The fourth-order valence-corrected chi connectivity index (χ4v) is 8.42. The Hall–Kier alpha value is -4.99. The van der Waals surface area contributed by atoms with E-state index in [-0.39, 0.29) is 43.9 Å². The van der Waals surface area contributed by atoms with E-state index < -0.39 is 74.3 Å². The van der Waals surface area contributed by atoms with Crippen LogP contribution in [-0.4, -0.2) is 96.1 Å². The number of hydrogen-bond acceptors (Lipinski definition) is 11. The van der Waals surface area contributed by atoms with Crippen LogP contribution < -0.4 is 24.8 Å². The number of ketones is 1. The van der Waals surface area contributed by atoms with E-state index in [2.05, 4.69) is 26.9 Å². The first-order valence-corrected chi connectivity index (χ1v) is 20.7. The van der Waals surface area contributed by atoms with Gasteiger partial charge in [-0.05, 0) is 101 Å². The summed E-state index contributed by atoms with van der Waals surface area (Å²) in [6.07, 6.45) is 8.72. The minimum Gasteiger partial charge on any atom is -0.497 e. The molecule has 1 aliphatic heterocycles. The Bertz CT molecular complexity index is 2020. The van der Waals surface area contributed by atoms with Crippen LogP contribution in [0.4, 0.5) is 4.79 Å². The fraction of sp³-hybridized carbons (Fsp3) is 0.550. The number of hydrogen-bond donors (Lipinski definition) is 3. The maximum Gasteiger partial charge on any atom is 0.408 e. The number of likely N-dealkylation sites (tertiary alicyclic amines) is 1. The summed E-state index contributed by atoms with van der Waals surface area (Å²) >= 11 is 0. The van der Waals surface area contributed by atoms with Crippen LogP contribution in [0.3, 0.4) is 0 Å². The molecule has 0 unspecified atom stereocenters. The van der Waals surface area contributed by atoms with Crippen LogP contribution in [-0.2, 0) is 33.9 Å². The van der Waals surface area contributed by atoms with Gasteiger partial charge in [-0.15, -0.1) is 6.58 Å². The zero-order valence-corrected chi connectivity index (χ0v) is 33.1. The monoisotopic (exact) mass is 793 g/mol. The summed E-state index contributed by atoms with van der Waals surface area (Å²) in [5.41, 5.74) is -2.49. The lowest BCUT2D eigenvalue weighted by atomic mass is 9.85. The molecule has 3 saturated carbocycles. The lowest BCUT2D eigenvalue weighted by Gasteiger charge is -2.30. The minimum atomic E-state index is -3.93. The second-order valence-electron chi connectivity index (χ2n) is 16.1. The number of rotatable bonds is 16. The van der Waals surface area contributed by atoms with Crippen molar-refractivity contribution in [2.24, 2.45) is 11.8 Å². The largest absolute Gasteiger partial charge is 0.497 e. The summed E-state index contributed by atoms with van der Waals surface area (Å²) in [6.45, 7) is 8.67. The Morgan fingerprint density at radius 1 is 1.11 bits per heavy atom. The van der Waals surface area contributed by atoms with E-state index in [9.17, 15) is 32.4 Å². The Morgan fingerprint density at radius 2 is 1.86 bits per heavy atom. The first-order chi connectivity index (χ1) is 26.5. The molecule has 302 valence electrons. The van der Waals surface area contributed by atoms with Gasteiger partial charge in [-0.1, -0.05) is 18.6 Å². The number of carbonyl (C=O) groups is 5. The molecule has 4 fully saturated rings. The van der Waals surface area contributed by atoms with Crippen LogP contribution in [0.25, 0.3) is 10.8 Å². The van der Waals surface area contributed by atoms with Crippen molar-refractivity contribution in [2.45, 2.75) is 113 Å². The Labute approximate surface area is 327 Å². The summed E-state index contributed by atoms with van der Waals surface area (Å²) < 4.78 is 44.8. The summed E-state index contributed by atoms with van der Waals surface area (Å²) in [6, 6.07) is 4.66. The third-order valence-electron chi connectivity index (χ3n) is 10.7. The van der Waals surface area contributed by atoms with Gasteiger partial charge in [0.05, 0.1) is 18.9 Å². The van der Waals surface area contributed by atoms with Gasteiger partial charge in [0.25, 0.3) is 5.91 Å². The van der Waals surface area contributed by atoms with E-state index in [1.54, 1.807) is 52.3 Å². The zero-order chi connectivity index (χ0) is 40.4. The Kier molecular flexibility index (Phi) is 11.8. The van der Waals surface area contributed by atoms with Gasteiger partial charge in [-0.25, -0.2) is 18.2 Å². The van der Waals surface area contributed by atoms with Crippen molar-refractivity contribution in [3.05, 3.63) is 55.3 Å². The molecule has 0 bridgehead atoms. The highest BCUT2D eigenvalue weighted by Crippen LogP contribution is 2.45. The lowest BCUT2D eigenvalue weighted by molar-refractivity contribution is -0.141. The van der Waals surface area contributed by atoms with Crippen LogP contribution in [0, 0.1) is 11.8 Å². The van der Waals surface area contributed by atoms with E-state index in [0.717, 1.165) is 24.6 Å². The molecular formula is C40H51N5O10S. The second kappa shape index (κ2) is 16.2. The number of benzene rings is 1. The maximum absolute atomic E-state index is 14.6. The third kappa shape index (κ3) is 9.51. The number of pyridine rings is 1. The molecule has 56 heavy (non-hydrogen) atoms. The number of carbonyl (C=O) groups excluding carboxylic acids is 5. The molecule has 4 amide bonds. The van der Waals surface area contributed by atoms with Crippen molar-refractivity contribution >= 4 is 50.4 Å². The van der Waals surface area contributed by atoms with E-state index in [1.165, 1.54) is 17.1 Å². The zero-order valence-electron chi connectivity index (χ0n) is 32.2. The van der Waals surface area contributed by atoms with Crippen LogP contribution in [0.5, 0.6) is 11.6 Å². The van der Waals surface area contributed by atoms with E-state index in [4.69, 9.17) is 14.2 Å².